The minimum Gasteiger partial charge on any atom is -0.494 e. The lowest BCUT2D eigenvalue weighted by Crippen LogP contribution is -2.53. The van der Waals surface area contributed by atoms with Crippen LogP contribution in [-0.4, -0.2) is 57.1 Å². The number of nitrogens with zero attached hydrogens (tertiary/aromatic N) is 2. The highest BCUT2D eigenvalue weighted by molar-refractivity contribution is 7.98. The summed E-state index contributed by atoms with van der Waals surface area (Å²) < 4.78 is 35.2. The van der Waals surface area contributed by atoms with Crippen LogP contribution in [0.2, 0.25) is 0 Å². The van der Waals surface area contributed by atoms with Crippen LogP contribution in [0.25, 0.3) is 0 Å². The second-order valence-electron chi connectivity index (χ2n) is 10.6. The Morgan fingerprint density at radius 1 is 0.826 bits per heavy atom. The Bertz CT molecular complexity index is 1650. The van der Waals surface area contributed by atoms with E-state index >= 15 is 0 Å². The predicted octanol–water partition coefficient (Wildman–Crippen LogP) is 6.17. The molecule has 1 N–H and O–H groups in total. The van der Waals surface area contributed by atoms with Gasteiger partial charge in [-0.25, -0.2) is 8.42 Å². The molecule has 0 saturated carbocycles. The molecule has 0 aliphatic carbocycles. The summed E-state index contributed by atoms with van der Waals surface area (Å²) in [7, 11) is -4.19. The molecule has 0 heterocycles. The van der Waals surface area contributed by atoms with Gasteiger partial charge in [-0.3, -0.25) is 13.9 Å². The molecule has 8 nitrogen and oxygen atoms in total. The molecule has 242 valence electrons. The molecule has 0 radical (unpaired) electrons. The number of benzene rings is 4. The summed E-state index contributed by atoms with van der Waals surface area (Å²) in [6.07, 6.45) is 2.91. The number of amides is 2. The van der Waals surface area contributed by atoms with Gasteiger partial charge in [0.05, 0.1) is 17.2 Å². The number of rotatable bonds is 16. The third kappa shape index (κ3) is 9.14. The smallest absolute Gasteiger partial charge is 0.264 e. The van der Waals surface area contributed by atoms with Crippen LogP contribution in [0.4, 0.5) is 5.69 Å². The number of nitrogens with one attached hydrogen (secondary N) is 1. The van der Waals surface area contributed by atoms with E-state index in [-0.39, 0.29) is 23.8 Å². The van der Waals surface area contributed by atoms with Gasteiger partial charge in [-0.2, -0.15) is 0 Å². The van der Waals surface area contributed by atoms with Crippen LogP contribution in [0, 0.1) is 0 Å². The van der Waals surface area contributed by atoms with Crippen LogP contribution in [0.15, 0.2) is 119 Å². The molecule has 4 rings (SSSR count). The van der Waals surface area contributed by atoms with Crippen LogP contribution in [0.5, 0.6) is 5.75 Å². The quantitative estimate of drug-likeness (QED) is 0.145. The van der Waals surface area contributed by atoms with E-state index in [4.69, 9.17) is 4.74 Å². The van der Waals surface area contributed by atoms with Gasteiger partial charge >= 0.3 is 0 Å². The molecule has 2 amide bonds. The third-order valence-corrected chi connectivity index (χ3v) is 9.91. The average Bonchev–Trinajstić information content (AvgIpc) is 3.09. The molecule has 0 aromatic heterocycles. The van der Waals surface area contributed by atoms with Crippen molar-refractivity contribution in [2.75, 3.05) is 30.3 Å². The molecular weight excluding hydrogens is 619 g/mol. The van der Waals surface area contributed by atoms with Gasteiger partial charge in [0.25, 0.3) is 10.0 Å². The first kappa shape index (κ1) is 34.6. The van der Waals surface area contributed by atoms with Crippen LogP contribution in [0.1, 0.15) is 31.4 Å². The molecule has 0 aliphatic heterocycles. The van der Waals surface area contributed by atoms with E-state index in [1.807, 2.05) is 80.8 Å². The highest BCUT2D eigenvalue weighted by Crippen LogP contribution is 2.28. The lowest BCUT2D eigenvalue weighted by Gasteiger charge is -2.34. The van der Waals surface area contributed by atoms with Crippen molar-refractivity contribution in [1.82, 2.24) is 10.2 Å². The molecule has 0 saturated heterocycles. The number of sulfonamides is 1. The Labute approximate surface area is 276 Å². The summed E-state index contributed by atoms with van der Waals surface area (Å²) in [5.41, 5.74) is 2.01. The SMILES string of the molecule is CCCNC(=O)C(Cc1ccccc1)N(Cc1ccccc1)C(=O)CN(c1ccc(OCC)cc1)S(=O)(=O)c1ccc(SC)cc1. The van der Waals surface area contributed by atoms with E-state index in [0.29, 0.717) is 24.6 Å². The van der Waals surface area contributed by atoms with Crippen LogP contribution in [-0.2, 0) is 32.6 Å². The second-order valence-corrected chi connectivity index (χ2v) is 13.4. The van der Waals surface area contributed by atoms with Gasteiger partial charge in [0.15, 0.2) is 0 Å². The molecule has 0 spiro atoms. The summed E-state index contributed by atoms with van der Waals surface area (Å²) in [6, 6.07) is 31.2. The summed E-state index contributed by atoms with van der Waals surface area (Å²) in [6.45, 7) is 4.35. The van der Waals surface area contributed by atoms with Crippen molar-refractivity contribution in [1.29, 1.82) is 0 Å². The Hall–Kier alpha value is -4.28. The van der Waals surface area contributed by atoms with Crippen molar-refractivity contribution >= 4 is 39.3 Å². The average molecular weight is 660 g/mol. The molecule has 4 aromatic carbocycles. The first-order valence-electron chi connectivity index (χ1n) is 15.3. The second kappa shape index (κ2) is 16.9. The maximum Gasteiger partial charge on any atom is 0.264 e. The summed E-state index contributed by atoms with van der Waals surface area (Å²) >= 11 is 1.51. The Kier molecular flexibility index (Phi) is 12.7. The number of hydrogen-bond acceptors (Lipinski definition) is 6. The van der Waals surface area contributed by atoms with Crippen molar-refractivity contribution in [2.45, 2.75) is 49.1 Å². The van der Waals surface area contributed by atoms with Gasteiger partial charge in [-0.05, 0) is 79.3 Å². The number of ether oxygens (including phenoxy) is 1. The maximum atomic E-state index is 14.5. The molecule has 0 aliphatic rings. The van der Waals surface area contributed by atoms with Gasteiger partial charge in [0, 0.05) is 24.4 Å². The van der Waals surface area contributed by atoms with E-state index < -0.39 is 28.5 Å². The van der Waals surface area contributed by atoms with Gasteiger partial charge in [0.2, 0.25) is 11.8 Å². The van der Waals surface area contributed by atoms with Gasteiger partial charge in [0.1, 0.15) is 18.3 Å². The number of thioether (sulfide) groups is 1. The Morgan fingerprint density at radius 3 is 2.00 bits per heavy atom. The third-order valence-electron chi connectivity index (χ3n) is 7.38. The molecule has 1 unspecified atom stereocenters. The van der Waals surface area contributed by atoms with Gasteiger partial charge in [-0.1, -0.05) is 67.6 Å². The number of hydrogen-bond donors (Lipinski definition) is 1. The monoisotopic (exact) mass is 659 g/mol. The van der Waals surface area contributed by atoms with Crippen LogP contribution < -0.4 is 14.4 Å². The summed E-state index contributed by atoms with van der Waals surface area (Å²) in [5, 5.41) is 2.96. The minimum absolute atomic E-state index is 0.0584. The zero-order valence-electron chi connectivity index (χ0n) is 26.5. The topological polar surface area (TPSA) is 96.0 Å². The van der Waals surface area contributed by atoms with E-state index in [1.165, 1.54) is 16.7 Å². The van der Waals surface area contributed by atoms with Crippen LogP contribution >= 0.6 is 11.8 Å². The fourth-order valence-corrected chi connectivity index (χ4v) is 6.80. The molecular formula is C36H41N3O5S2. The van der Waals surface area contributed by atoms with E-state index in [1.54, 1.807) is 48.5 Å². The van der Waals surface area contributed by atoms with E-state index in [9.17, 15) is 18.0 Å². The van der Waals surface area contributed by atoms with E-state index in [2.05, 4.69) is 5.32 Å². The first-order valence-corrected chi connectivity index (χ1v) is 18.0. The molecule has 46 heavy (non-hydrogen) atoms. The molecule has 0 bridgehead atoms. The lowest BCUT2D eigenvalue weighted by atomic mass is 10.0. The highest BCUT2D eigenvalue weighted by atomic mass is 32.2. The Balaban J connectivity index is 1.78. The Morgan fingerprint density at radius 2 is 1.43 bits per heavy atom. The number of anilines is 1. The number of carbonyl (C=O) groups excluding carboxylic acids is 2. The van der Waals surface area contributed by atoms with Crippen molar-refractivity contribution in [3.63, 3.8) is 0 Å². The molecule has 4 aromatic rings. The predicted molar refractivity (Wildman–Crippen MR) is 185 cm³/mol. The summed E-state index contributed by atoms with van der Waals surface area (Å²) in [5.74, 6) is -0.215. The maximum absolute atomic E-state index is 14.5. The summed E-state index contributed by atoms with van der Waals surface area (Å²) in [4.78, 5) is 30.7. The molecule has 0 fully saturated rings. The lowest BCUT2D eigenvalue weighted by molar-refractivity contribution is -0.140. The fourth-order valence-electron chi connectivity index (χ4n) is 4.98. The zero-order chi connectivity index (χ0) is 32.9. The standard InChI is InChI=1S/C36H41N3O5S2/c1-4-24-37-36(41)34(25-28-12-8-6-9-13-28)38(26-29-14-10-7-11-15-29)35(40)27-39(30-16-18-31(19-17-30)44-5-2)46(42,43)33-22-20-32(45-3)21-23-33/h6-23,34H,4-5,24-27H2,1-3H3,(H,37,41). The van der Waals surface area contributed by atoms with Gasteiger partial charge < -0.3 is 15.0 Å². The van der Waals surface area contributed by atoms with Crippen molar-refractivity contribution in [3.05, 3.63) is 120 Å². The number of carbonyl (C=O) groups is 2. The largest absolute Gasteiger partial charge is 0.494 e. The van der Waals surface area contributed by atoms with Crippen molar-refractivity contribution in [3.8, 4) is 5.75 Å². The highest BCUT2D eigenvalue weighted by Gasteiger charge is 2.34. The van der Waals surface area contributed by atoms with Gasteiger partial charge in [-0.15, -0.1) is 11.8 Å². The van der Waals surface area contributed by atoms with E-state index in [0.717, 1.165) is 26.7 Å². The minimum atomic E-state index is -4.19. The molecule has 1 atom stereocenters. The first-order chi connectivity index (χ1) is 22.3. The van der Waals surface area contributed by atoms with Crippen LogP contribution in [0.3, 0.4) is 0 Å². The van der Waals surface area contributed by atoms with Crippen molar-refractivity contribution in [2.24, 2.45) is 0 Å². The normalized spacial score (nSPS) is 11.8. The fraction of sp³-hybridized carbons (Fsp3) is 0.278. The zero-order valence-corrected chi connectivity index (χ0v) is 28.1. The molecule has 10 heteroatoms. The van der Waals surface area contributed by atoms with Crippen molar-refractivity contribution < 1.29 is 22.7 Å².